The number of hydrogen-bond donors (Lipinski definition) is 2. The highest BCUT2D eigenvalue weighted by atomic mass is 16.3. The van der Waals surface area contributed by atoms with Crippen LogP contribution in [0.3, 0.4) is 0 Å². The molecule has 1 saturated heterocycles. The molecular weight excluding hydrogens is 494 g/mol. The zero-order valence-corrected chi connectivity index (χ0v) is 24.8. The molecule has 3 aromatic rings. The van der Waals surface area contributed by atoms with E-state index in [1.807, 2.05) is 17.7 Å². The van der Waals surface area contributed by atoms with Crippen LogP contribution in [-0.2, 0) is 12.8 Å². The summed E-state index contributed by atoms with van der Waals surface area (Å²) < 4.78 is 1.95. The van der Waals surface area contributed by atoms with E-state index >= 15 is 0 Å². The molecule has 5 rings (SSSR count). The molecule has 1 unspecified atom stereocenters. The third-order valence-electron chi connectivity index (χ3n) is 8.04. The molecule has 0 spiro atoms. The zero-order chi connectivity index (χ0) is 28.3. The lowest BCUT2D eigenvalue weighted by Gasteiger charge is -2.26. The van der Waals surface area contributed by atoms with Gasteiger partial charge in [0.25, 0.3) is 0 Å². The quantitative estimate of drug-likeness (QED) is 0.217. The number of nitrogens with zero attached hydrogens (tertiary/aromatic N) is 4. The van der Waals surface area contributed by atoms with Crippen LogP contribution in [0.25, 0.3) is 5.69 Å². The van der Waals surface area contributed by atoms with Gasteiger partial charge in [-0.1, -0.05) is 43.9 Å². The summed E-state index contributed by atoms with van der Waals surface area (Å²) in [6.45, 7) is 14.6. The Hall–Kier alpha value is -3.34. The maximum atomic E-state index is 9.68. The first-order valence-corrected chi connectivity index (χ1v) is 15.1. The van der Waals surface area contributed by atoms with E-state index in [-0.39, 0.29) is 11.7 Å². The maximum absolute atomic E-state index is 9.68. The molecule has 1 fully saturated rings. The van der Waals surface area contributed by atoms with Crippen LogP contribution in [0.2, 0.25) is 0 Å². The van der Waals surface area contributed by atoms with E-state index in [1.165, 1.54) is 75.0 Å². The summed E-state index contributed by atoms with van der Waals surface area (Å²) in [6, 6.07) is 14.9. The van der Waals surface area contributed by atoms with E-state index in [4.69, 9.17) is 4.98 Å². The molecule has 40 heavy (non-hydrogen) atoms. The molecule has 2 aliphatic heterocycles. The van der Waals surface area contributed by atoms with Crippen molar-refractivity contribution in [3.63, 3.8) is 0 Å². The lowest BCUT2D eigenvalue weighted by molar-refractivity contribution is 0.226. The summed E-state index contributed by atoms with van der Waals surface area (Å²) in [4.78, 5) is 7.38. The van der Waals surface area contributed by atoms with Crippen LogP contribution >= 0.6 is 0 Å². The van der Waals surface area contributed by atoms with Gasteiger partial charge in [0.05, 0.1) is 11.4 Å². The second kappa shape index (κ2) is 14.9. The summed E-state index contributed by atoms with van der Waals surface area (Å²) in [5, 5.41) is 17.6. The van der Waals surface area contributed by atoms with Gasteiger partial charge in [-0.05, 0) is 120 Å². The average molecular weight is 542 g/mol. The Kier molecular flexibility index (Phi) is 11.0. The Balaban J connectivity index is 0.000000186. The van der Waals surface area contributed by atoms with Gasteiger partial charge in [-0.3, -0.25) is 0 Å². The van der Waals surface area contributed by atoms with Crippen LogP contribution in [0, 0.1) is 13.8 Å². The van der Waals surface area contributed by atoms with Gasteiger partial charge in [0.2, 0.25) is 0 Å². The highest BCUT2D eigenvalue weighted by Crippen LogP contribution is 2.27. The van der Waals surface area contributed by atoms with Crippen molar-refractivity contribution in [1.82, 2.24) is 19.7 Å². The number of pyridine rings is 1. The van der Waals surface area contributed by atoms with Crippen molar-refractivity contribution in [2.45, 2.75) is 84.5 Å². The summed E-state index contributed by atoms with van der Waals surface area (Å²) in [6.07, 6.45) is 10.5. The molecule has 6 heteroatoms. The number of rotatable bonds is 9. The largest absolute Gasteiger partial charge is 0.505 e. The predicted molar refractivity (Wildman–Crippen MR) is 166 cm³/mol. The summed E-state index contributed by atoms with van der Waals surface area (Å²) in [5.41, 5.74) is 9.59. The van der Waals surface area contributed by atoms with Crippen molar-refractivity contribution in [2.75, 3.05) is 31.5 Å². The number of fused-ring (bicyclic) bond motifs is 1. The number of anilines is 1. The standard InChI is InChI=1S/C18H22N2O.C16H25N3/c1-5-15(12-18(21)6-2)16-8-7-9-17(11-16)20-14(4)10-13(3)19-20;1-2-11-19(12-3-1)13-5-7-15-9-8-14-6-4-10-17-16(14)18-15/h7-11,15,21H,2,5,12H2,1,3-4H3;8-9H,1-7,10-13H2,(H,17,18). The number of hydrogen-bond acceptors (Lipinski definition) is 5. The Morgan fingerprint density at radius 1 is 1.10 bits per heavy atom. The van der Waals surface area contributed by atoms with E-state index in [0.29, 0.717) is 6.42 Å². The third-order valence-corrected chi connectivity index (χ3v) is 8.04. The SMILES string of the molecule is C=C=C(O)CC(CC)c1cccc(-n2nc(C)cc2C)c1.c1cc2c(nc1CCCN1CCCCC1)NCCC2. The van der Waals surface area contributed by atoms with Crippen molar-refractivity contribution in [3.05, 3.63) is 88.7 Å². The van der Waals surface area contributed by atoms with Gasteiger partial charge >= 0.3 is 0 Å². The third kappa shape index (κ3) is 8.33. The van der Waals surface area contributed by atoms with Crippen molar-refractivity contribution in [1.29, 1.82) is 0 Å². The van der Waals surface area contributed by atoms with Gasteiger partial charge in [0, 0.05) is 24.4 Å². The van der Waals surface area contributed by atoms with Gasteiger partial charge in [-0.25, -0.2) is 9.67 Å². The number of allylic oxidation sites excluding steroid dienone is 1. The van der Waals surface area contributed by atoms with Crippen molar-refractivity contribution in [2.24, 2.45) is 0 Å². The Morgan fingerprint density at radius 3 is 2.65 bits per heavy atom. The molecule has 1 atom stereocenters. The summed E-state index contributed by atoms with van der Waals surface area (Å²) >= 11 is 0. The number of aromatic nitrogens is 3. The Bertz CT molecular complexity index is 1280. The van der Waals surface area contributed by atoms with Crippen molar-refractivity contribution < 1.29 is 5.11 Å². The Morgan fingerprint density at radius 2 is 1.93 bits per heavy atom. The van der Waals surface area contributed by atoms with E-state index in [2.05, 4.69) is 77.9 Å². The second-order valence-electron chi connectivity index (χ2n) is 11.2. The van der Waals surface area contributed by atoms with Crippen molar-refractivity contribution in [3.8, 4) is 5.69 Å². The molecule has 2 N–H and O–H groups in total. The highest BCUT2D eigenvalue weighted by molar-refractivity contribution is 5.47. The fourth-order valence-corrected chi connectivity index (χ4v) is 5.78. The topological polar surface area (TPSA) is 66.2 Å². The minimum absolute atomic E-state index is 0.221. The molecule has 4 heterocycles. The number of likely N-dealkylation sites (tertiary alicyclic amines) is 1. The van der Waals surface area contributed by atoms with Crippen LogP contribution in [0.5, 0.6) is 0 Å². The number of aliphatic hydroxyl groups excluding tert-OH is 1. The molecule has 214 valence electrons. The molecule has 1 aromatic carbocycles. The molecule has 2 aromatic heterocycles. The molecule has 0 saturated carbocycles. The number of aryl methyl sites for hydroxylation is 4. The minimum atomic E-state index is 0.221. The molecule has 0 aliphatic carbocycles. The lowest BCUT2D eigenvalue weighted by Crippen LogP contribution is -2.30. The fourth-order valence-electron chi connectivity index (χ4n) is 5.78. The molecule has 0 radical (unpaired) electrons. The lowest BCUT2D eigenvalue weighted by atomic mass is 9.92. The van der Waals surface area contributed by atoms with Gasteiger partial charge in [0.15, 0.2) is 0 Å². The zero-order valence-electron chi connectivity index (χ0n) is 24.8. The molecule has 0 amide bonds. The smallest absolute Gasteiger partial charge is 0.135 e. The maximum Gasteiger partial charge on any atom is 0.135 e. The van der Waals surface area contributed by atoms with Crippen molar-refractivity contribution >= 4 is 5.82 Å². The van der Waals surface area contributed by atoms with E-state index in [0.717, 1.165) is 42.3 Å². The van der Waals surface area contributed by atoms with Crippen LogP contribution in [0.4, 0.5) is 5.82 Å². The minimum Gasteiger partial charge on any atom is -0.505 e. The fraction of sp³-hybridized carbons (Fsp3) is 0.500. The van der Waals surface area contributed by atoms with Gasteiger partial charge < -0.3 is 15.3 Å². The Labute approximate surface area is 240 Å². The van der Waals surface area contributed by atoms with Gasteiger partial charge in [0.1, 0.15) is 11.6 Å². The summed E-state index contributed by atoms with van der Waals surface area (Å²) in [7, 11) is 0. The number of benzene rings is 1. The summed E-state index contributed by atoms with van der Waals surface area (Å²) in [5.74, 6) is 1.62. The predicted octanol–water partition coefficient (Wildman–Crippen LogP) is 7.46. The van der Waals surface area contributed by atoms with Gasteiger partial charge in [-0.15, -0.1) is 0 Å². The normalized spacial score (nSPS) is 15.7. The first-order valence-electron chi connectivity index (χ1n) is 15.1. The first-order chi connectivity index (χ1) is 19.5. The van der Waals surface area contributed by atoms with E-state index in [9.17, 15) is 5.11 Å². The molecule has 2 aliphatic rings. The molecule has 0 bridgehead atoms. The number of aliphatic hydroxyl groups is 1. The van der Waals surface area contributed by atoms with E-state index < -0.39 is 0 Å². The molecular formula is C34H47N5O. The second-order valence-corrected chi connectivity index (χ2v) is 11.2. The van der Waals surface area contributed by atoms with Crippen LogP contribution < -0.4 is 5.32 Å². The monoisotopic (exact) mass is 541 g/mol. The number of nitrogens with one attached hydrogen (secondary N) is 1. The first kappa shape index (κ1) is 29.6. The van der Waals surface area contributed by atoms with Crippen LogP contribution in [-0.4, -0.2) is 50.9 Å². The molecule has 6 nitrogen and oxygen atoms in total. The van der Waals surface area contributed by atoms with E-state index in [1.54, 1.807) is 0 Å². The van der Waals surface area contributed by atoms with Crippen LogP contribution in [0.15, 0.2) is 60.5 Å². The highest BCUT2D eigenvalue weighted by Gasteiger charge is 2.14. The van der Waals surface area contributed by atoms with Gasteiger partial charge in [-0.2, -0.15) is 5.10 Å². The number of piperidine rings is 1. The van der Waals surface area contributed by atoms with Crippen LogP contribution in [0.1, 0.15) is 86.0 Å². The average Bonchev–Trinajstić information content (AvgIpc) is 3.34.